The fraction of sp³-hybridized carbons (Fsp3) is 0.880. The highest BCUT2D eigenvalue weighted by Crippen LogP contribution is 2.42. The van der Waals surface area contributed by atoms with Crippen molar-refractivity contribution in [2.75, 3.05) is 6.61 Å². The maximum Gasteiger partial charge on any atom is 0.186 e. The Hall–Kier alpha value is -0.990. The molecule has 36 heavy (non-hydrogen) atoms. The highest BCUT2D eigenvalue weighted by molar-refractivity contribution is 5.91. The van der Waals surface area contributed by atoms with Crippen LogP contribution in [0, 0.1) is 11.3 Å². The van der Waals surface area contributed by atoms with Crippen LogP contribution in [-0.4, -0.2) is 111 Å². The van der Waals surface area contributed by atoms with Gasteiger partial charge in [0.15, 0.2) is 18.4 Å². The van der Waals surface area contributed by atoms with E-state index in [0.717, 1.165) is 12.0 Å². The molecular formula is C25H42O11. The molecule has 0 aromatic carbocycles. The molecule has 6 N–H and O–H groups in total. The first-order valence-corrected chi connectivity index (χ1v) is 12.6. The van der Waals surface area contributed by atoms with Gasteiger partial charge < -0.3 is 49.6 Å². The zero-order valence-corrected chi connectivity index (χ0v) is 21.6. The number of carbonyl (C=O) groups is 1. The second-order valence-electron chi connectivity index (χ2n) is 11.1. The lowest BCUT2D eigenvalue weighted by atomic mass is 9.66. The average molecular weight is 519 g/mol. The lowest BCUT2D eigenvalue weighted by Gasteiger charge is -2.43. The van der Waals surface area contributed by atoms with Crippen molar-refractivity contribution in [1.29, 1.82) is 0 Å². The van der Waals surface area contributed by atoms with E-state index >= 15 is 0 Å². The molecule has 0 amide bonds. The van der Waals surface area contributed by atoms with Crippen molar-refractivity contribution < 1.29 is 54.4 Å². The third-order valence-corrected chi connectivity index (χ3v) is 7.64. The van der Waals surface area contributed by atoms with Crippen molar-refractivity contribution in [3.05, 3.63) is 11.6 Å². The Bertz CT molecular complexity index is 786. The number of aliphatic hydroxyl groups is 6. The molecule has 2 saturated heterocycles. The SMILES string of the molecule is CC1=CC(=O)CC(C)(C)[C@H]1CC[C@@H](C)O[C@@H]1O[C@H](CO[C@@H]2O[C@@H](C)[C@H](O)[C@@H](O)[C@H]2O)[C@@H](O)[C@H](O)[C@H]1O. The van der Waals surface area contributed by atoms with Gasteiger partial charge in [-0.25, -0.2) is 0 Å². The minimum absolute atomic E-state index is 0.129. The van der Waals surface area contributed by atoms with Crippen LogP contribution in [0.5, 0.6) is 0 Å². The standard InChI is InChI=1S/C25H42O11/c1-11-8-14(26)9-25(4,5)15(11)7-6-12(2)34-24-22(32)20(30)18(28)16(36-24)10-33-23-21(31)19(29)17(27)13(3)35-23/h8,12-13,15-24,27-32H,6-7,9-10H2,1-5H3/t12-,13+,15+,16-,17+,18-,19-,20+,21-,22-,23-,24-/m1/s1. The van der Waals surface area contributed by atoms with Crippen LogP contribution < -0.4 is 0 Å². The van der Waals surface area contributed by atoms with E-state index in [1.54, 1.807) is 6.08 Å². The summed E-state index contributed by atoms with van der Waals surface area (Å²) in [5.74, 6) is 0.328. The molecule has 2 aliphatic heterocycles. The Labute approximate surface area is 211 Å². The molecule has 12 atom stereocenters. The summed E-state index contributed by atoms with van der Waals surface area (Å²) < 4.78 is 22.5. The summed E-state index contributed by atoms with van der Waals surface area (Å²) in [6.07, 6.45) is -10.1. The van der Waals surface area contributed by atoms with Crippen molar-refractivity contribution in [1.82, 2.24) is 0 Å². The molecule has 11 nitrogen and oxygen atoms in total. The monoisotopic (exact) mass is 518 g/mol. The maximum atomic E-state index is 11.9. The Morgan fingerprint density at radius 3 is 2.22 bits per heavy atom. The van der Waals surface area contributed by atoms with Crippen molar-refractivity contribution in [3.63, 3.8) is 0 Å². The summed E-state index contributed by atoms with van der Waals surface area (Å²) >= 11 is 0. The molecule has 0 unspecified atom stereocenters. The molecule has 0 aromatic rings. The first-order chi connectivity index (χ1) is 16.7. The van der Waals surface area contributed by atoms with Gasteiger partial charge in [0.2, 0.25) is 0 Å². The summed E-state index contributed by atoms with van der Waals surface area (Å²) in [4.78, 5) is 11.9. The Kier molecular flexibility index (Phi) is 9.70. The van der Waals surface area contributed by atoms with Gasteiger partial charge in [0.05, 0.1) is 18.8 Å². The van der Waals surface area contributed by atoms with E-state index in [9.17, 15) is 35.4 Å². The largest absolute Gasteiger partial charge is 0.388 e. The van der Waals surface area contributed by atoms with E-state index in [2.05, 4.69) is 13.8 Å². The van der Waals surface area contributed by atoms with E-state index in [0.29, 0.717) is 12.8 Å². The molecule has 11 heteroatoms. The Morgan fingerprint density at radius 2 is 1.58 bits per heavy atom. The van der Waals surface area contributed by atoms with Gasteiger partial charge >= 0.3 is 0 Å². The predicted octanol–water partition coefficient (Wildman–Crippen LogP) is -0.615. The van der Waals surface area contributed by atoms with E-state index < -0.39 is 61.4 Å². The summed E-state index contributed by atoms with van der Waals surface area (Å²) in [6, 6.07) is 0. The second kappa shape index (κ2) is 11.8. The van der Waals surface area contributed by atoms with E-state index in [4.69, 9.17) is 18.9 Å². The fourth-order valence-corrected chi connectivity index (χ4v) is 5.42. The highest BCUT2D eigenvalue weighted by atomic mass is 16.7. The van der Waals surface area contributed by atoms with Crippen molar-refractivity contribution >= 4 is 5.78 Å². The molecule has 208 valence electrons. The van der Waals surface area contributed by atoms with Crippen LogP contribution in [0.1, 0.15) is 53.9 Å². The van der Waals surface area contributed by atoms with Crippen LogP contribution >= 0.6 is 0 Å². The fourth-order valence-electron chi connectivity index (χ4n) is 5.42. The highest BCUT2D eigenvalue weighted by Gasteiger charge is 2.47. The third-order valence-electron chi connectivity index (χ3n) is 7.64. The van der Waals surface area contributed by atoms with Crippen molar-refractivity contribution in [2.24, 2.45) is 11.3 Å². The molecule has 0 spiro atoms. The molecule has 0 saturated carbocycles. The number of carbonyl (C=O) groups excluding carboxylic acids is 1. The predicted molar refractivity (Wildman–Crippen MR) is 125 cm³/mol. The quantitative estimate of drug-likeness (QED) is 0.242. The summed E-state index contributed by atoms with van der Waals surface area (Å²) in [7, 11) is 0. The van der Waals surface area contributed by atoms with Gasteiger partial charge in [0.25, 0.3) is 0 Å². The van der Waals surface area contributed by atoms with Gasteiger partial charge in [-0.05, 0) is 51.0 Å². The molecule has 0 bridgehead atoms. The molecule has 3 aliphatic rings. The summed E-state index contributed by atoms with van der Waals surface area (Å²) in [5.41, 5.74) is 0.860. The third kappa shape index (κ3) is 6.52. The number of hydrogen-bond acceptors (Lipinski definition) is 11. The normalized spacial score (nSPS) is 44.2. The van der Waals surface area contributed by atoms with E-state index in [1.165, 1.54) is 6.92 Å². The van der Waals surface area contributed by atoms with Gasteiger partial charge in [-0.2, -0.15) is 0 Å². The number of rotatable bonds is 8. The number of ketones is 1. The first-order valence-electron chi connectivity index (χ1n) is 12.6. The van der Waals surface area contributed by atoms with Crippen LogP contribution in [0.15, 0.2) is 11.6 Å². The molecule has 1 aliphatic carbocycles. The van der Waals surface area contributed by atoms with Gasteiger partial charge in [-0.3, -0.25) is 4.79 Å². The molecular weight excluding hydrogens is 476 g/mol. The average Bonchev–Trinajstić information content (AvgIpc) is 2.78. The minimum atomic E-state index is -1.57. The van der Waals surface area contributed by atoms with Crippen LogP contribution in [0.25, 0.3) is 0 Å². The molecule has 0 aromatic heterocycles. The van der Waals surface area contributed by atoms with E-state index in [-0.39, 0.29) is 29.8 Å². The number of hydrogen-bond donors (Lipinski definition) is 6. The number of ether oxygens (including phenoxy) is 4. The van der Waals surface area contributed by atoms with Crippen LogP contribution in [-0.2, 0) is 23.7 Å². The zero-order valence-electron chi connectivity index (χ0n) is 21.6. The maximum absolute atomic E-state index is 11.9. The van der Waals surface area contributed by atoms with Gasteiger partial charge in [0, 0.05) is 6.42 Å². The van der Waals surface area contributed by atoms with Gasteiger partial charge in [-0.15, -0.1) is 0 Å². The first kappa shape index (κ1) is 29.6. The van der Waals surface area contributed by atoms with Crippen LogP contribution in [0.3, 0.4) is 0 Å². The van der Waals surface area contributed by atoms with Gasteiger partial charge in [0.1, 0.15) is 42.7 Å². The molecule has 2 heterocycles. The topological polar surface area (TPSA) is 175 Å². The summed E-state index contributed by atoms with van der Waals surface area (Å²) in [5, 5.41) is 61.1. The smallest absolute Gasteiger partial charge is 0.186 e. The molecule has 3 rings (SSSR count). The molecule has 2 fully saturated rings. The van der Waals surface area contributed by atoms with Gasteiger partial charge in [-0.1, -0.05) is 19.4 Å². The Morgan fingerprint density at radius 1 is 0.972 bits per heavy atom. The lowest BCUT2D eigenvalue weighted by Crippen LogP contribution is -2.61. The minimum Gasteiger partial charge on any atom is -0.388 e. The number of aliphatic hydroxyl groups excluding tert-OH is 6. The van der Waals surface area contributed by atoms with Crippen molar-refractivity contribution in [3.8, 4) is 0 Å². The number of allylic oxidation sites excluding steroid dienone is 2. The Balaban J connectivity index is 1.56. The van der Waals surface area contributed by atoms with Crippen LogP contribution in [0.2, 0.25) is 0 Å². The summed E-state index contributed by atoms with van der Waals surface area (Å²) in [6.45, 7) is 9.09. The van der Waals surface area contributed by atoms with E-state index in [1.807, 2.05) is 13.8 Å². The zero-order chi connectivity index (χ0) is 26.9. The van der Waals surface area contributed by atoms with Crippen molar-refractivity contribution in [2.45, 2.75) is 121 Å². The van der Waals surface area contributed by atoms with Crippen LogP contribution in [0.4, 0.5) is 0 Å². The second-order valence-corrected chi connectivity index (χ2v) is 11.1. The lowest BCUT2D eigenvalue weighted by molar-refractivity contribution is -0.332. The molecule has 0 radical (unpaired) electrons.